The highest BCUT2D eigenvalue weighted by Crippen LogP contribution is 2.26. The number of hydrogen-bond acceptors (Lipinski definition) is 3. The van der Waals surface area contributed by atoms with Gasteiger partial charge >= 0.3 is 0 Å². The number of nitrogens with one attached hydrogen (secondary N) is 1. The molecule has 0 aliphatic heterocycles. The van der Waals surface area contributed by atoms with Crippen LogP contribution in [0, 0.1) is 6.92 Å². The van der Waals surface area contributed by atoms with Crippen molar-refractivity contribution in [3.05, 3.63) is 51.2 Å². The number of benzene rings is 1. The van der Waals surface area contributed by atoms with Crippen molar-refractivity contribution in [1.29, 1.82) is 0 Å². The van der Waals surface area contributed by atoms with E-state index in [9.17, 15) is 0 Å². The summed E-state index contributed by atoms with van der Waals surface area (Å²) in [4.78, 5) is 4.14. The Morgan fingerprint density at radius 2 is 2.14 bits per heavy atom. The third-order valence-corrected chi connectivity index (χ3v) is 3.72. The molecule has 0 saturated heterocycles. The zero-order valence-corrected chi connectivity index (χ0v) is 14.5. The number of aromatic nitrogens is 1. The maximum absolute atomic E-state index is 6.10. The van der Waals surface area contributed by atoms with Crippen LogP contribution in [-0.4, -0.2) is 11.6 Å². The topological polar surface area (TPSA) is 34.1 Å². The molecule has 0 fully saturated rings. The summed E-state index contributed by atoms with van der Waals surface area (Å²) in [5.74, 6) is 0.893. The largest absolute Gasteiger partial charge is 0.493 e. The SMILES string of the molecule is CCCOc1ccc(Br)cc1CNc1cc(C)cnc1Cl. The fourth-order valence-electron chi connectivity index (χ4n) is 1.91. The molecular weight excluding hydrogens is 352 g/mol. The van der Waals surface area contributed by atoms with Crippen molar-refractivity contribution in [3.8, 4) is 5.75 Å². The van der Waals surface area contributed by atoms with Gasteiger partial charge in [0.25, 0.3) is 0 Å². The van der Waals surface area contributed by atoms with E-state index in [1.807, 2.05) is 25.1 Å². The number of pyridine rings is 1. The molecule has 0 bridgehead atoms. The van der Waals surface area contributed by atoms with Gasteiger partial charge in [0, 0.05) is 22.8 Å². The van der Waals surface area contributed by atoms with Crippen molar-refractivity contribution in [1.82, 2.24) is 4.98 Å². The van der Waals surface area contributed by atoms with Gasteiger partial charge in [0.1, 0.15) is 5.75 Å². The van der Waals surface area contributed by atoms with Crippen molar-refractivity contribution >= 4 is 33.2 Å². The van der Waals surface area contributed by atoms with E-state index in [4.69, 9.17) is 16.3 Å². The number of aryl methyl sites for hydroxylation is 1. The van der Waals surface area contributed by atoms with Crippen molar-refractivity contribution < 1.29 is 4.74 Å². The Bertz CT molecular complexity index is 619. The monoisotopic (exact) mass is 368 g/mol. The molecule has 21 heavy (non-hydrogen) atoms. The van der Waals surface area contributed by atoms with Gasteiger partial charge in [0.15, 0.2) is 5.15 Å². The van der Waals surface area contributed by atoms with E-state index in [0.29, 0.717) is 18.3 Å². The predicted molar refractivity (Wildman–Crippen MR) is 91.2 cm³/mol. The average Bonchev–Trinajstić information content (AvgIpc) is 2.47. The van der Waals surface area contributed by atoms with Gasteiger partial charge in [-0.1, -0.05) is 34.5 Å². The molecule has 0 radical (unpaired) electrons. The Kier molecular flexibility index (Phi) is 5.88. The smallest absolute Gasteiger partial charge is 0.152 e. The maximum atomic E-state index is 6.10. The first-order valence-electron chi connectivity index (χ1n) is 6.87. The van der Waals surface area contributed by atoms with E-state index in [-0.39, 0.29) is 0 Å². The Morgan fingerprint density at radius 1 is 1.33 bits per heavy atom. The Morgan fingerprint density at radius 3 is 2.90 bits per heavy atom. The van der Waals surface area contributed by atoms with E-state index in [1.165, 1.54) is 0 Å². The van der Waals surface area contributed by atoms with Gasteiger partial charge in [-0.15, -0.1) is 0 Å². The first kappa shape index (κ1) is 16.1. The summed E-state index contributed by atoms with van der Waals surface area (Å²) in [6.45, 7) is 5.42. The molecule has 5 heteroatoms. The summed E-state index contributed by atoms with van der Waals surface area (Å²) in [5.41, 5.74) is 2.98. The molecule has 2 aromatic rings. The zero-order chi connectivity index (χ0) is 15.2. The lowest BCUT2D eigenvalue weighted by atomic mass is 10.2. The van der Waals surface area contributed by atoms with Gasteiger partial charge in [-0.3, -0.25) is 0 Å². The molecule has 0 spiro atoms. The highest BCUT2D eigenvalue weighted by atomic mass is 79.9. The second kappa shape index (κ2) is 7.66. The van der Waals surface area contributed by atoms with E-state index in [1.54, 1.807) is 6.20 Å². The van der Waals surface area contributed by atoms with Crippen molar-refractivity contribution in [2.75, 3.05) is 11.9 Å². The summed E-state index contributed by atoms with van der Waals surface area (Å²) < 4.78 is 6.80. The lowest BCUT2D eigenvalue weighted by molar-refractivity contribution is 0.314. The minimum absolute atomic E-state index is 0.478. The molecule has 1 aromatic carbocycles. The summed E-state index contributed by atoms with van der Waals surface area (Å²) >= 11 is 9.60. The quantitative estimate of drug-likeness (QED) is 0.710. The molecule has 3 nitrogen and oxygen atoms in total. The van der Waals surface area contributed by atoms with Crippen LogP contribution in [0.4, 0.5) is 5.69 Å². The highest BCUT2D eigenvalue weighted by molar-refractivity contribution is 9.10. The molecule has 0 aliphatic carbocycles. The van der Waals surface area contributed by atoms with E-state index >= 15 is 0 Å². The normalized spacial score (nSPS) is 10.5. The zero-order valence-electron chi connectivity index (χ0n) is 12.1. The summed E-state index contributed by atoms with van der Waals surface area (Å²) in [6.07, 6.45) is 2.74. The molecule has 1 heterocycles. The first-order valence-corrected chi connectivity index (χ1v) is 8.04. The van der Waals surface area contributed by atoms with Crippen molar-refractivity contribution in [2.45, 2.75) is 26.8 Å². The van der Waals surface area contributed by atoms with Crippen LogP contribution in [0.15, 0.2) is 34.9 Å². The Balaban J connectivity index is 2.14. The minimum atomic E-state index is 0.478. The fourth-order valence-corrected chi connectivity index (χ4v) is 2.48. The van der Waals surface area contributed by atoms with E-state index in [2.05, 4.69) is 39.2 Å². The van der Waals surface area contributed by atoms with Gasteiger partial charge in [0.2, 0.25) is 0 Å². The van der Waals surface area contributed by atoms with E-state index < -0.39 is 0 Å². The average molecular weight is 370 g/mol. The molecule has 1 N–H and O–H groups in total. The maximum Gasteiger partial charge on any atom is 0.152 e. The molecular formula is C16H18BrClN2O. The first-order chi connectivity index (χ1) is 10.1. The molecule has 112 valence electrons. The Labute approximate surface area is 138 Å². The number of halogens is 2. The number of nitrogens with zero attached hydrogens (tertiary/aromatic N) is 1. The van der Waals surface area contributed by atoms with Crippen LogP contribution in [0.5, 0.6) is 5.75 Å². The number of hydrogen-bond donors (Lipinski definition) is 1. The van der Waals surface area contributed by atoms with Crippen LogP contribution >= 0.6 is 27.5 Å². The molecule has 0 amide bonds. The van der Waals surface area contributed by atoms with Crippen LogP contribution in [0.1, 0.15) is 24.5 Å². The van der Waals surface area contributed by atoms with Crippen molar-refractivity contribution in [3.63, 3.8) is 0 Å². The number of rotatable bonds is 6. The van der Waals surface area contributed by atoms with Crippen LogP contribution in [0.25, 0.3) is 0 Å². The van der Waals surface area contributed by atoms with Crippen LogP contribution in [0.2, 0.25) is 5.15 Å². The van der Waals surface area contributed by atoms with Gasteiger partial charge in [-0.2, -0.15) is 0 Å². The second-order valence-electron chi connectivity index (χ2n) is 4.81. The lowest BCUT2D eigenvalue weighted by Crippen LogP contribution is -2.05. The molecule has 0 unspecified atom stereocenters. The summed E-state index contributed by atoms with van der Waals surface area (Å²) in [6, 6.07) is 8.00. The third-order valence-electron chi connectivity index (χ3n) is 2.93. The molecule has 1 aromatic heterocycles. The van der Waals surface area contributed by atoms with Crippen LogP contribution < -0.4 is 10.1 Å². The lowest BCUT2D eigenvalue weighted by Gasteiger charge is -2.13. The third kappa shape index (κ3) is 4.61. The summed E-state index contributed by atoms with van der Waals surface area (Å²) in [5, 5.41) is 3.80. The van der Waals surface area contributed by atoms with Gasteiger partial charge in [-0.25, -0.2) is 4.98 Å². The Hall–Kier alpha value is -1.26. The standard InChI is InChI=1S/C16H18BrClN2O/c1-3-6-21-15-5-4-13(17)8-12(15)10-19-14-7-11(2)9-20-16(14)18/h4-5,7-9,19H,3,6,10H2,1-2H3. The second-order valence-corrected chi connectivity index (χ2v) is 6.08. The molecule has 2 rings (SSSR count). The van der Waals surface area contributed by atoms with Crippen LogP contribution in [-0.2, 0) is 6.54 Å². The molecule has 0 atom stereocenters. The van der Waals surface area contributed by atoms with Crippen molar-refractivity contribution in [2.24, 2.45) is 0 Å². The van der Waals surface area contributed by atoms with Gasteiger partial charge in [0.05, 0.1) is 12.3 Å². The molecule has 0 saturated carbocycles. The minimum Gasteiger partial charge on any atom is -0.493 e. The summed E-state index contributed by atoms with van der Waals surface area (Å²) in [7, 11) is 0. The molecule has 0 aliphatic rings. The number of anilines is 1. The fraction of sp³-hybridized carbons (Fsp3) is 0.312. The number of ether oxygens (including phenoxy) is 1. The highest BCUT2D eigenvalue weighted by Gasteiger charge is 2.07. The van der Waals surface area contributed by atoms with Crippen LogP contribution in [0.3, 0.4) is 0 Å². The van der Waals surface area contributed by atoms with Gasteiger partial charge < -0.3 is 10.1 Å². The predicted octanol–water partition coefficient (Wildman–Crippen LogP) is 5.21. The van der Waals surface area contributed by atoms with E-state index in [0.717, 1.165) is 33.5 Å². The van der Waals surface area contributed by atoms with Gasteiger partial charge in [-0.05, 0) is 43.2 Å².